The average molecular weight is 307 g/mol. The zero-order valence-corrected chi connectivity index (χ0v) is 12.6. The summed E-state index contributed by atoms with van der Waals surface area (Å²) in [6.07, 6.45) is 7.08. The summed E-state index contributed by atoms with van der Waals surface area (Å²) in [4.78, 5) is 15.9. The van der Waals surface area contributed by atoms with Gasteiger partial charge in [0, 0.05) is 12.7 Å². The Hall–Kier alpha value is -3.08. The first-order valence-corrected chi connectivity index (χ1v) is 7.36. The molecule has 116 valence electrons. The standard InChI is InChI=1S/C18H17N3O2/c22-18(23-14-15-7-2-1-3-8-15)19-11-6-9-16-13-20-17-10-4-5-12-21(16)17/h1-10,12-13H,11,14H2,(H,19,22). The lowest BCUT2D eigenvalue weighted by atomic mass is 10.2. The number of carbonyl (C=O) groups excluding carboxylic acids is 1. The molecule has 0 bridgehead atoms. The zero-order valence-electron chi connectivity index (χ0n) is 12.6. The fourth-order valence-corrected chi connectivity index (χ4v) is 2.17. The molecular formula is C18H17N3O2. The highest BCUT2D eigenvalue weighted by molar-refractivity contribution is 5.67. The van der Waals surface area contributed by atoms with Crippen LogP contribution in [0.15, 0.2) is 67.0 Å². The minimum Gasteiger partial charge on any atom is -0.445 e. The smallest absolute Gasteiger partial charge is 0.407 e. The minimum atomic E-state index is -0.434. The Kier molecular flexibility index (Phi) is 4.69. The van der Waals surface area contributed by atoms with Crippen molar-refractivity contribution in [3.8, 4) is 0 Å². The van der Waals surface area contributed by atoms with E-state index in [1.807, 2.05) is 71.3 Å². The lowest BCUT2D eigenvalue weighted by Gasteiger charge is -2.05. The molecular weight excluding hydrogens is 290 g/mol. The predicted octanol–water partition coefficient (Wildman–Crippen LogP) is 3.27. The van der Waals surface area contributed by atoms with Gasteiger partial charge in [0.2, 0.25) is 0 Å². The van der Waals surface area contributed by atoms with Crippen molar-refractivity contribution < 1.29 is 9.53 Å². The number of nitrogens with one attached hydrogen (secondary N) is 1. The van der Waals surface area contributed by atoms with Crippen molar-refractivity contribution >= 4 is 17.8 Å². The van der Waals surface area contributed by atoms with Gasteiger partial charge in [0.15, 0.2) is 0 Å². The van der Waals surface area contributed by atoms with Crippen LogP contribution < -0.4 is 5.32 Å². The molecule has 0 radical (unpaired) electrons. The Morgan fingerprint density at radius 3 is 2.87 bits per heavy atom. The van der Waals surface area contributed by atoms with Crippen molar-refractivity contribution in [3.05, 3.63) is 78.3 Å². The van der Waals surface area contributed by atoms with Gasteiger partial charge in [-0.2, -0.15) is 0 Å². The molecule has 0 aliphatic rings. The number of imidazole rings is 1. The molecule has 0 aliphatic heterocycles. The van der Waals surface area contributed by atoms with E-state index in [0.29, 0.717) is 6.54 Å². The molecule has 1 N–H and O–H groups in total. The van der Waals surface area contributed by atoms with Gasteiger partial charge in [-0.05, 0) is 23.8 Å². The number of aromatic nitrogens is 2. The maximum Gasteiger partial charge on any atom is 0.407 e. The second kappa shape index (κ2) is 7.26. The molecule has 0 fully saturated rings. The van der Waals surface area contributed by atoms with Crippen LogP contribution in [0.1, 0.15) is 11.3 Å². The summed E-state index contributed by atoms with van der Waals surface area (Å²) in [5.41, 5.74) is 2.81. The molecule has 0 aliphatic carbocycles. The third-order valence-corrected chi connectivity index (χ3v) is 3.31. The number of amides is 1. The van der Waals surface area contributed by atoms with Gasteiger partial charge in [-0.1, -0.05) is 42.5 Å². The molecule has 0 saturated heterocycles. The number of ether oxygens (including phenoxy) is 1. The van der Waals surface area contributed by atoms with Gasteiger partial charge in [-0.25, -0.2) is 9.78 Å². The summed E-state index contributed by atoms with van der Waals surface area (Å²) < 4.78 is 7.11. The van der Waals surface area contributed by atoms with Gasteiger partial charge < -0.3 is 14.5 Å². The van der Waals surface area contributed by atoms with Gasteiger partial charge in [0.05, 0.1) is 11.9 Å². The van der Waals surface area contributed by atoms with Crippen LogP contribution in [0.4, 0.5) is 4.79 Å². The fourth-order valence-electron chi connectivity index (χ4n) is 2.17. The van der Waals surface area contributed by atoms with E-state index >= 15 is 0 Å². The molecule has 5 heteroatoms. The monoisotopic (exact) mass is 307 g/mol. The lowest BCUT2D eigenvalue weighted by molar-refractivity contribution is 0.141. The second-order valence-corrected chi connectivity index (χ2v) is 4.96. The highest BCUT2D eigenvalue weighted by atomic mass is 16.5. The minimum absolute atomic E-state index is 0.268. The Labute approximate surface area is 134 Å². The third kappa shape index (κ3) is 3.97. The first kappa shape index (κ1) is 14.8. The van der Waals surface area contributed by atoms with Crippen LogP contribution >= 0.6 is 0 Å². The largest absolute Gasteiger partial charge is 0.445 e. The van der Waals surface area contributed by atoms with Crippen molar-refractivity contribution in [1.82, 2.24) is 14.7 Å². The fraction of sp³-hybridized carbons (Fsp3) is 0.111. The summed E-state index contributed by atoms with van der Waals surface area (Å²) in [6, 6.07) is 15.4. The van der Waals surface area contributed by atoms with Crippen molar-refractivity contribution in [3.63, 3.8) is 0 Å². The van der Waals surface area contributed by atoms with Crippen LogP contribution in [-0.2, 0) is 11.3 Å². The van der Waals surface area contributed by atoms with Crippen LogP contribution in [0.2, 0.25) is 0 Å². The van der Waals surface area contributed by atoms with Gasteiger partial charge in [0.1, 0.15) is 12.3 Å². The molecule has 0 unspecified atom stereocenters. The summed E-state index contributed by atoms with van der Waals surface area (Å²) in [7, 11) is 0. The Morgan fingerprint density at radius 2 is 2.00 bits per heavy atom. The van der Waals surface area contributed by atoms with Crippen LogP contribution in [-0.4, -0.2) is 22.0 Å². The van der Waals surface area contributed by atoms with Crippen molar-refractivity contribution in [1.29, 1.82) is 0 Å². The lowest BCUT2D eigenvalue weighted by Crippen LogP contribution is -2.24. The van der Waals surface area contributed by atoms with E-state index in [0.717, 1.165) is 16.9 Å². The number of hydrogen-bond acceptors (Lipinski definition) is 3. The number of hydrogen-bond donors (Lipinski definition) is 1. The number of carbonyl (C=O) groups is 1. The number of pyridine rings is 1. The van der Waals surface area contributed by atoms with E-state index < -0.39 is 6.09 Å². The molecule has 3 rings (SSSR count). The number of alkyl carbamates (subject to hydrolysis) is 1. The van der Waals surface area contributed by atoms with Crippen LogP contribution in [0.5, 0.6) is 0 Å². The molecule has 2 heterocycles. The third-order valence-electron chi connectivity index (χ3n) is 3.31. The van der Waals surface area contributed by atoms with Crippen LogP contribution in [0.3, 0.4) is 0 Å². The molecule has 1 aromatic carbocycles. The van der Waals surface area contributed by atoms with E-state index in [2.05, 4.69) is 10.3 Å². The summed E-state index contributed by atoms with van der Waals surface area (Å²) >= 11 is 0. The highest BCUT2D eigenvalue weighted by Crippen LogP contribution is 2.07. The van der Waals surface area contributed by atoms with E-state index in [1.54, 1.807) is 6.20 Å². The Bertz CT molecular complexity index is 809. The first-order chi connectivity index (χ1) is 11.3. The number of rotatable bonds is 5. The quantitative estimate of drug-likeness (QED) is 0.787. The average Bonchev–Trinajstić information content (AvgIpc) is 3.01. The van der Waals surface area contributed by atoms with E-state index in [9.17, 15) is 4.79 Å². The SMILES string of the molecule is O=C(NCC=Cc1cnc2ccccn12)OCc1ccccc1. The van der Waals surface area contributed by atoms with Crippen molar-refractivity contribution in [2.45, 2.75) is 6.61 Å². The second-order valence-electron chi connectivity index (χ2n) is 4.96. The summed E-state index contributed by atoms with van der Waals surface area (Å²) in [6.45, 7) is 0.664. The maximum atomic E-state index is 11.6. The van der Waals surface area contributed by atoms with Crippen LogP contribution in [0.25, 0.3) is 11.7 Å². The van der Waals surface area contributed by atoms with Crippen molar-refractivity contribution in [2.24, 2.45) is 0 Å². The van der Waals surface area contributed by atoms with Crippen LogP contribution in [0, 0.1) is 0 Å². The molecule has 23 heavy (non-hydrogen) atoms. The molecule has 2 aromatic heterocycles. The van der Waals surface area contributed by atoms with Gasteiger partial charge in [-0.15, -0.1) is 0 Å². The number of nitrogens with zero attached hydrogens (tertiary/aromatic N) is 2. The van der Waals surface area contributed by atoms with Gasteiger partial charge in [0.25, 0.3) is 0 Å². The molecule has 3 aromatic rings. The number of benzene rings is 1. The molecule has 0 spiro atoms. The molecule has 5 nitrogen and oxygen atoms in total. The zero-order chi connectivity index (χ0) is 15.9. The predicted molar refractivity (Wildman–Crippen MR) is 88.9 cm³/mol. The van der Waals surface area contributed by atoms with E-state index in [-0.39, 0.29) is 6.61 Å². The summed E-state index contributed by atoms with van der Waals surface area (Å²) in [5.74, 6) is 0. The topological polar surface area (TPSA) is 55.6 Å². The van der Waals surface area contributed by atoms with Gasteiger partial charge >= 0.3 is 6.09 Å². The first-order valence-electron chi connectivity index (χ1n) is 7.36. The highest BCUT2D eigenvalue weighted by Gasteiger charge is 2.01. The van der Waals surface area contributed by atoms with E-state index in [4.69, 9.17) is 4.74 Å². The maximum absolute atomic E-state index is 11.6. The van der Waals surface area contributed by atoms with Gasteiger partial charge in [-0.3, -0.25) is 0 Å². The molecule has 1 amide bonds. The number of fused-ring (bicyclic) bond motifs is 1. The van der Waals surface area contributed by atoms with Crippen molar-refractivity contribution in [2.75, 3.05) is 6.54 Å². The Morgan fingerprint density at radius 1 is 1.17 bits per heavy atom. The molecule has 0 atom stereocenters. The van der Waals surface area contributed by atoms with E-state index in [1.165, 1.54) is 0 Å². The Balaban J connectivity index is 1.46. The molecule has 0 saturated carbocycles. The normalized spacial score (nSPS) is 11.0. The summed E-state index contributed by atoms with van der Waals surface area (Å²) in [5, 5.41) is 2.69.